The first kappa shape index (κ1) is 16.3. The molecule has 1 aliphatic heterocycles. The molecular weight excluding hydrogens is 304 g/mol. The molecule has 0 aliphatic carbocycles. The standard InChI is InChI=1S/C17H24N6O/c1-22(2)16-13(6-5-8-18-16)10-19-17(24)23-9-4-3-7-15(23)14-11-20-21-12-14/h5-6,8,11-12,15H,3-4,7,9-10H2,1-2H3,(H,19,24)(H,20,21)/t15-/m1/s1. The lowest BCUT2D eigenvalue weighted by Gasteiger charge is -2.35. The van der Waals surface area contributed by atoms with Crippen LogP contribution in [0.3, 0.4) is 0 Å². The maximum atomic E-state index is 12.7. The molecule has 7 nitrogen and oxygen atoms in total. The van der Waals surface area contributed by atoms with Crippen molar-refractivity contribution in [1.82, 2.24) is 25.4 Å². The average molecular weight is 328 g/mol. The second-order valence-corrected chi connectivity index (χ2v) is 6.28. The minimum absolute atomic E-state index is 0.0329. The van der Waals surface area contributed by atoms with E-state index in [-0.39, 0.29) is 12.1 Å². The van der Waals surface area contributed by atoms with Crippen molar-refractivity contribution in [2.24, 2.45) is 0 Å². The van der Waals surface area contributed by atoms with Crippen LogP contribution in [-0.4, -0.2) is 46.8 Å². The molecule has 128 valence electrons. The van der Waals surface area contributed by atoms with Crippen LogP contribution < -0.4 is 10.2 Å². The van der Waals surface area contributed by atoms with E-state index in [0.29, 0.717) is 6.54 Å². The molecular formula is C17H24N6O. The topological polar surface area (TPSA) is 77.2 Å². The van der Waals surface area contributed by atoms with Gasteiger partial charge in [-0.3, -0.25) is 5.10 Å². The van der Waals surface area contributed by atoms with Crippen LogP contribution >= 0.6 is 0 Å². The van der Waals surface area contributed by atoms with E-state index in [1.807, 2.05) is 48.4 Å². The summed E-state index contributed by atoms with van der Waals surface area (Å²) in [4.78, 5) is 21.0. The molecule has 1 fully saturated rings. The summed E-state index contributed by atoms with van der Waals surface area (Å²) in [5.41, 5.74) is 2.08. The molecule has 24 heavy (non-hydrogen) atoms. The van der Waals surface area contributed by atoms with Gasteiger partial charge in [-0.2, -0.15) is 5.10 Å². The molecule has 2 N–H and O–H groups in total. The highest BCUT2D eigenvalue weighted by molar-refractivity contribution is 5.75. The van der Waals surface area contributed by atoms with Crippen molar-refractivity contribution >= 4 is 11.8 Å². The molecule has 3 heterocycles. The van der Waals surface area contributed by atoms with E-state index < -0.39 is 0 Å². The maximum absolute atomic E-state index is 12.7. The van der Waals surface area contributed by atoms with Gasteiger partial charge in [0.25, 0.3) is 0 Å². The first-order valence-electron chi connectivity index (χ1n) is 8.31. The van der Waals surface area contributed by atoms with Gasteiger partial charge in [-0.1, -0.05) is 6.07 Å². The Kier molecular flexibility index (Phi) is 4.98. The number of amides is 2. The third kappa shape index (κ3) is 3.50. The van der Waals surface area contributed by atoms with Crippen LogP contribution in [0.5, 0.6) is 0 Å². The molecule has 1 atom stereocenters. The monoisotopic (exact) mass is 328 g/mol. The van der Waals surface area contributed by atoms with Gasteiger partial charge in [-0.05, 0) is 25.3 Å². The highest BCUT2D eigenvalue weighted by Gasteiger charge is 2.28. The summed E-state index contributed by atoms with van der Waals surface area (Å²) in [5, 5.41) is 9.91. The van der Waals surface area contributed by atoms with E-state index >= 15 is 0 Å². The van der Waals surface area contributed by atoms with Crippen LogP contribution in [0.4, 0.5) is 10.6 Å². The largest absolute Gasteiger partial charge is 0.362 e. The first-order valence-corrected chi connectivity index (χ1v) is 8.31. The van der Waals surface area contributed by atoms with Gasteiger partial charge in [0.2, 0.25) is 0 Å². The second-order valence-electron chi connectivity index (χ2n) is 6.28. The summed E-state index contributed by atoms with van der Waals surface area (Å²) in [6, 6.07) is 3.95. The number of piperidine rings is 1. The third-order valence-corrected chi connectivity index (χ3v) is 4.39. The van der Waals surface area contributed by atoms with Gasteiger partial charge in [0.15, 0.2) is 0 Å². The lowest BCUT2D eigenvalue weighted by atomic mass is 9.98. The zero-order valence-electron chi connectivity index (χ0n) is 14.2. The van der Waals surface area contributed by atoms with E-state index in [1.54, 1.807) is 6.20 Å². The number of likely N-dealkylation sites (tertiary alicyclic amines) is 1. The molecule has 2 aromatic heterocycles. The molecule has 0 bridgehead atoms. The lowest BCUT2D eigenvalue weighted by molar-refractivity contribution is 0.151. The number of hydrogen-bond acceptors (Lipinski definition) is 4. The number of carbonyl (C=O) groups excluding carboxylic acids is 1. The molecule has 0 aromatic carbocycles. The van der Waals surface area contributed by atoms with Crippen LogP contribution in [0.1, 0.15) is 36.4 Å². The zero-order valence-corrected chi connectivity index (χ0v) is 14.2. The predicted octanol–water partition coefficient (Wildman–Crippen LogP) is 2.31. The van der Waals surface area contributed by atoms with Crippen molar-refractivity contribution in [1.29, 1.82) is 0 Å². The van der Waals surface area contributed by atoms with E-state index in [2.05, 4.69) is 20.5 Å². The highest BCUT2D eigenvalue weighted by atomic mass is 16.2. The summed E-state index contributed by atoms with van der Waals surface area (Å²) in [5.74, 6) is 0.878. The Labute approximate surface area is 142 Å². The van der Waals surface area contributed by atoms with Gasteiger partial charge < -0.3 is 15.1 Å². The Hall–Kier alpha value is -2.57. The van der Waals surface area contributed by atoms with Crippen LogP contribution in [0.15, 0.2) is 30.7 Å². The van der Waals surface area contributed by atoms with Crippen LogP contribution in [0.2, 0.25) is 0 Å². The fourth-order valence-corrected chi connectivity index (χ4v) is 3.21. The number of anilines is 1. The number of pyridine rings is 1. The Bertz CT molecular complexity index is 669. The highest BCUT2D eigenvalue weighted by Crippen LogP contribution is 2.30. The van der Waals surface area contributed by atoms with Crippen molar-refractivity contribution in [3.05, 3.63) is 41.9 Å². The normalized spacial score (nSPS) is 17.6. The fourth-order valence-electron chi connectivity index (χ4n) is 3.21. The third-order valence-electron chi connectivity index (χ3n) is 4.39. The number of rotatable bonds is 4. The number of nitrogens with zero attached hydrogens (tertiary/aromatic N) is 4. The van der Waals surface area contributed by atoms with E-state index in [9.17, 15) is 4.79 Å². The number of aromatic nitrogens is 3. The quantitative estimate of drug-likeness (QED) is 0.903. The van der Waals surface area contributed by atoms with Crippen molar-refractivity contribution in [2.45, 2.75) is 31.8 Å². The molecule has 0 radical (unpaired) electrons. The van der Waals surface area contributed by atoms with Gasteiger partial charge in [0, 0.05) is 50.7 Å². The Morgan fingerprint density at radius 3 is 3.08 bits per heavy atom. The molecule has 0 saturated carbocycles. The Morgan fingerprint density at radius 1 is 1.46 bits per heavy atom. The average Bonchev–Trinajstić information content (AvgIpc) is 3.14. The predicted molar refractivity (Wildman–Crippen MR) is 92.7 cm³/mol. The molecule has 0 spiro atoms. The summed E-state index contributed by atoms with van der Waals surface area (Å²) in [6.45, 7) is 1.24. The molecule has 3 rings (SSSR count). The van der Waals surface area contributed by atoms with E-state index in [4.69, 9.17) is 0 Å². The minimum atomic E-state index is -0.0329. The summed E-state index contributed by atoms with van der Waals surface area (Å²) in [7, 11) is 3.90. The summed E-state index contributed by atoms with van der Waals surface area (Å²) < 4.78 is 0. The van der Waals surface area contributed by atoms with Gasteiger partial charge in [0.1, 0.15) is 5.82 Å². The molecule has 7 heteroatoms. The van der Waals surface area contributed by atoms with Crippen molar-refractivity contribution in [3.63, 3.8) is 0 Å². The number of carbonyl (C=O) groups is 1. The molecule has 0 unspecified atom stereocenters. The number of hydrogen-bond donors (Lipinski definition) is 2. The number of urea groups is 1. The van der Waals surface area contributed by atoms with Crippen molar-refractivity contribution in [2.75, 3.05) is 25.5 Å². The van der Waals surface area contributed by atoms with Crippen molar-refractivity contribution < 1.29 is 4.79 Å². The Balaban J connectivity index is 1.68. The van der Waals surface area contributed by atoms with E-state index in [1.165, 1.54) is 0 Å². The fraction of sp³-hybridized carbons (Fsp3) is 0.471. The summed E-state index contributed by atoms with van der Waals surface area (Å²) in [6.07, 6.45) is 8.59. The number of aromatic amines is 1. The van der Waals surface area contributed by atoms with Crippen molar-refractivity contribution in [3.8, 4) is 0 Å². The summed E-state index contributed by atoms with van der Waals surface area (Å²) >= 11 is 0. The Morgan fingerprint density at radius 2 is 2.33 bits per heavy atom. The second kappa shape index (κ2) is 7.33. The van der Waals surface area contributed by atoms with Crippen LogP contribution in [-0.2, 0) is 6.54 Å². The van der Waals surface area contributed by atoms with Gasteiger partial charge in [0.05, 0.1) is 12.2 Å². The molecule has 1 aliphatic rings. The van der Waals surface area contributed by atoms with Crippen LogP contribution in [0.25, 0.3) is 0 Å². The minimum Gasteiger partial charge on any atom is -0.362 e. The first-order chi connectivity index (χ1) is 11.7. The van der Waals surface area contributed by atoms with Gasteiger partial charge >= 0.3 is 6.03 Å². The van der Waals surface area contributed by atoms with Gasteiger partial charge in [-0.25, -0.2) is 9.78 Å². The van der Waals surface area contributed by atoms with Gasteiger partial charge in [-0.15, -0.1) is 0 Å². The number of H-pyrrole nitrogens is 1. The smallest absolute Gasteiger partial charge is 0.318 e. The maximum Gasteiger partial charge on any atom is 0.318 e. The van der Waals surface area contributed by atoms with Crippen LogP contribution in [0, 0.1) is 0 Å². The number of nitrogens with one attached hydrogen (secondary N) is 2. The SMILES string of the molecule is CN(C)c1ncccc1CNC(=O)N1CCCC[C@@H]1c1cn[nH]c1. The van der Waals surface area contributed by atoms with E-state index in [0.717, 1.165) is 42.8 Å². The molecule has 1 saturated heterocycles. The molecule has 2 amide bonds. The molecule has 2 aromatic rings. The zero-order chi connectivity index (χ0) is 16.9. The lowest BCUT2D eigenvalue weighted by Crippen LogP contribution is -2.44.